The van der Waals surface area contributed by atoms with Crippen LogP contribution in [0.4, 0.5) is 0 Å². The van der Waals surface area contributed by atoms with Gasteiger partial charge in [0.05, 0.1) is 11.4 Å². The van der Waals surface area contributed by atoms with E-state index in [1.165, 1.54) is 0 Å². The van der Waals surface area contributed by atoms with Crippen molar-refractivity contribution in [3.05, 3.63) is 30.0 Å². The summed E-state index contributed by atoms with van der Waals surface area (Å²) >= 11 is 0. The highest BCUT2D eigenvalue weighted by Crippen LogP contribution is 2.17. The first kappa shape index (κ1) is 14.0. The molecule has 2 rings (SSSR count). The molecule has 6 heteroatoms. The van der Waals surface area contributed by atoms with Gasteiger partial charge in [0.1, 0.15) is 0 Å². The van der Waals surface area contributed by atoms with Crippen LogP contribution >= 0.6 is 0 Å². The van der Waals surface area contributed by atoms with Crippen LogP contribution in [0.3, 0.4) is 0 Å². The Morgan fingerprint density at radius 3 is 2.75 bits per heavy atom. The van der Waals surface area contributed by atoms with Crippen LogP contribution in [0.25, 0.3) is 10.9 Å². The number of aromatic nitrogens is 2. The third-order valence-corrected chi connectivity index (χ3v) is 3.32. The molecule has 0 saturated heterocycles. The fraction of sp³-hybridized carbons (Fsp3) is 0.357. The molecule has 106 valence electrons. The van der Waals surface area contributed by atoms with Crippen LogP contribution < -0.4 is 5.32 Å². The van der Waals surface area contributed by atoms with E-state index in [0.29, 0.717) is 12.1 Å². The minimum atomic E-state index is -0.904. The lowest BCUT2D eigenvalue weighted by atomic mass is 10.1. The number of carbonyl (C=O) groups excluding carboxylic acids is 1. The number of nitrogens with one attached hydrogen (secondary N) is 1. The average Bonchev–Trinajstić information content (AvgIpc) is 2.77. The quantitative estimate of drug-likeness (QED) is 0.864. The number of fused-ring (bicyclic) bond motifs is 1. The molecule has 0 fully saturated rings. The molecule has 1 atom stereocenters. The summed E-state index contributed by atoms with van der Waals surface area (Å²) in [5.74, 6) is -1.82. The summed E-state index contributed by atoms with van der Waals surface area (Å²) in [5, 5.41) is 16.6. The number of aliphatic carboxylic acids is 1. The first-order chi connectivity index (χ1) is 9.54. The van der Waals surface area contributed by atoms with Crippen LogP contribution in [0.15, 0.2) is 24.3 Å². The predicted molar refractivity (Wildman–Crippen MR) is 74.5 cm³/mol. The standard InChI is InChI=1S/C14H17N3O3/c1-3-9(14(19)20)8-15-13(18)12-10-6-4-5-7-11(10)17(2)16-12/h4-7,9H,3,8H2,1-2H3,(H,15,18)(H,19,20). The van der Waals surface area contributed by atoms with Gasteiger partial charge in [-0.3, -0.25) is 14.3 Å². The molecule has 6 nitrogen and oxygen atoms in total. The number of amides is 1. The molecular weight excluding hydrogens is 258 g/mol. The van der Waals surface area contributed by atoms with Gasteiger partial charge in [0, 0.05) is 19.0 Å². The first-order valence-electron chi connectivity index (χ1n) is 6.47. The minimum Gasteiger partial charge on any atom is -0.481 e. The molecule has 1 heterocycles. The number of nitrogens with zero attached hydrogens (tertiary/aromatic N) is 2. The van der Waals surface area contributed by atoms with Gasteiger partial charge in [0.25, 0.3) is 5.91 Å². The van der Waals surface area contributed by atoms with Crippen LogP contribution in [0.2, 0.25) is 0 Å². The Morgan fingerprint density at radius 1 is 1.40 bits per heavy atom. The monoisotopic (exact) mass is 275 g/mol. The van der Waals surface area contributed by atoms with E-state index in [1.807, 2.05) is 24.3 Å². The fourth-order valence-corrected chi connectivity index (χ4v) is 2.09. The van der Waals surface area contributed by atoms with Gasteiger partial charge in [-0.2, -0.15) is 5.10 Å². The molecule has 2 aromatic rings. The van der Waals surface area contributed by atoms with Crippen molar-refractivity contribution in [2.75, 3.05) is 6.54 Å². The molecule has 0 bridgehead atoms. The number of para-hydroxylation sites is 1. The van der Waals surface area contributed by atoms with Crippen molar-refractivity contribution in [2.24, 2.45) is 13.0 Å². The molecule has 0 saturated carbocycles. The van der Waals surface area contributed by atoms with E-state index in [1.54, 1.807) is 18.7 Å². The molecule has 0 aliphatic heterocycles. The van der Waals surface area contributed by atoms with Gasteiger partial charge in [0.2, 0.25) is 0 Å². The van der Waals surface area contributed by atoms with E-state index < -0.39 is 11.9 Å². The maximum Gasteiger partial charge on any atom is 0.308 e. The van der Waals surface area contributed by atoms with Crippen LogP contribution in [-0.4, -0.2) is 33.3 Å². The third kappa shape index (κ3) is 2.64. The summed E-state index contributed by atoms with van der Waals surface area (Å²) in [6.07, 6.45) is 0.471. The highest BCUT2D eigenvalue weighted by molar-refractivity contribution is 6.04. The van der Waals surface area contributed by atoms with Crippen molar-refractivity contribution >= 4 is 22.8 Å². The average molecular weight is 275 g/mol. The van der Waals surface area contributed by atoms with Crippen molar-refractivity contribution < 1.29 is 14.7 Å². The SMILES string of the molecule is CCC(CNC(=O)c1nn(C)c2ccccc12)C(=O)O. The second kappa shape index (κ2) is 5.73. The summed E-state index contributed by atoms with van der Waals surface area (Å²) in [4.78, 5) is 23.1. The third-order valence-electron chi connectivity index (χ3n) is 3.32. The summed E-state index contributed by atoms with van der Waals surface area (Å²) in [6.45, 7) is 1.89. The van der Waals surface area contributed by atoms with Crippen LogP contribution in [-0.2, 0) is 11.8 Å². The van der Waals surface area contributed by atoms with Gasteiger partial charge in [0.15, 0.2) is 5.69 Å². The maximum absolute atomic E-state index is 12.1. The van der Waals surface area contributed by atoms with E-state index >= 15 is 0 Å². The number of benzene rings is 1. The smallest absolute Gasteiger partial charge is 0.308 e. The molecule has 20 heavy (non-hydrogen) atoms. The number of carbonyl (C=O) groups is 2. The molecule has 1 aromatic heterocycles. The fourth-order valence-electron chi connectivity index (χ4n) is 2.09. The summed E-state index contributed by atoms with van der Waals surface area (Å²) in [6, 6.07) is 7.42. The summed E-state index contributed by atoms with van der Waals surface area (Å²) in [7, 11) is 1.77. The lowest BCUT2D eigenvalue weighted by Gasteiger charge is -2.10. The van der Waals surface area contributed by atoms with E-state index in [-0.39, 0.29) is 12.5 Å². The van der Waals surface area contributed by atoms with Gasteiger partial charge in [-0.05, 0) is 12.5 Å². The Morgan fingerprint density at radius 2 is 2.10 bits per heavy atom. The topological polar surface area (TPSA) is 84.2 Å². The minimum absolute atomic E-state index is 0.107. The van der Waals surface area contributed by atoms with Gasteiger partial charge >= 0.3 is 5.97 Å². The molecule has 0 aliphatic carbocycles. The van der Waals surface area contributed by atoms with Crippen LogP contribution in [0.5, 0.6) is 0 Å². The van der Waals surface area contributed by atoms with Crippen molar-refractivity contribution in [3.63, 3.8) is 0 Å². The Labute approximate surface area is 116 Å². The number of hydrogen-bond acceptors (Lipinski definition) is 3. The van der Waals surface area contributed by atoms with Crippen LogP contribution in [0, 0.1) is 5.92 Å². The molecule has 0 aliphatic rings. The molecule has 0 radical (unpaired) electrons. The van der Waals surface area contributed by atoms with Crippen LogP contribution in [0.1, 0.15) is 23.8 Å². The Kier molecular flexibility index (Phi) is 4.02. The van der Waals surface area contributed by atoms with Gasteiger partial charge < -0.3 is 10.4 Å². The first-order valence-corrected chi connectivity index (χ1v) is 6.47. The molecule has 1 aromatic carbocycles. The summed E-state index contributed by atoms with van der Waals surface area (Å²) in [5.41, 5.74) is 1.19. The van der Waals surface area contributed by atoms with E-state index in [2.05, 4.69) is 10.4 Å². The Balaban J connectivity index is 2.18. The van der Waals surface area contributed by atoms with E-state index in [0.717, 1.165) is 10.9 Å². The number of carboxylic acid groups (broad SMARTS) is 1. The second-order valence-corrected chi connectivity index (χ2v) is 4.64. The van der Waals surface area contributed by atoms with E-state index in [9.17, 15) is 9.59 Å². The number of rotatable bonds is 5. The number of carboxylic acids is 1. The highest BCUT2D eigenvalue weighted by atomic mass is 16.4. The molecule has 1 amide bonds. The largest absolute Gasteiger partial charge is 0.481 e. The van der Waals surface area contributed by atoms with Crippen molar-refractivity contribution in [1.29, 1.82) is 0 Å². The molecule has 1 unspecified atom stereocenters. The zero-order valence-electron chi connectivity index (χ0n) is 11.5. The maximum atomic E-state index is 12.1. The Bertz CT molecular complexity index is 648. The molecular formula is C14H17N3O3. The van der Waals surface area contributed by atoms with Crippen molar-refractivity contribution in [3.8, 4) is 0 Å². The number of aryl methyl sites for hydroxylation is 1. The van der Waals surface area contributed by atoms with Crippen molar-refractivity contribution in [1.82, 2.24) is 15.1 Å². The zero-order chi connectivity index (χ0) is 14.7. The molecule has 0 spiro atoms. The van der Waals surface area contributed by atoms with Crippen molar-refractivity contribution in [2.45, 2.75) is 13.3 Å². The lowest BCUT2D eigenvalue weighted by molar-refractivity contribution is -0.141. The normalized spacial score (nSPS) is 12.3. The van der Waals surface area contributed by atoms with Gasteiger partial charge in [-0.25, -0.2) is 0 Å². The Hall–Kier alpha value is -2.37. The summed E-state index contributed by atoms with van der Waals surface area (Å²) < 4.78 is 1.64. The highest BCUT2D eigenvalue weighted by Gasteiger charge is 2.19. The van der Waals surface area contributed by atoms with Gasteiger partial charge in [-0.15, -0.1) is 0 Å². The second-order valence-electron chi connectivity index (χ2n) is 4.64. The molecule has 2 N–H and O–H groups in total. The van der Waals surface area contributed by atoms with E-state index in [4.69, 9.17) is 5.11 Å². The lowest BCUT2D eigenvalue weighted by Crippen LogP contribution is -2.33. The zero-order valence-corrected chi connectivity index (χ0v) is 11.5. The predicted octanol–water partition coefficient (Wildman–Crippen LogP) is 1.41. The van der Waals surface area contributed by atoms with Gasteiger partial charge in [-0.1, -0.05) is 25.1 Å². The number of hydrogen-bond donors (Lipinski definition) is 2.